The fraction of sp³-hybridized carbons (Fsp3) is 0.100. The van der Waals surface area contributed by atoms with Crippen molar-refractivity contribution in [2.24, 2.45) is 0 Å². The van der Waals surface area contributed by atoms with Gasteiger partial charge in [0.15, 0.2) is 0 Å². The Kier molecular flexibility index (Phi) is 3.53. The summed E-state index contributed by atoms with van der Waals surface area (Å²) < 4.78 is 0. The van der Waals surface area contributed by atoms with Crippen LogP contribution in [0, 0.1) is 0 Å². The maximum Gasteiger partial charge on any atom is 0.110 e. The second kappa shape index (κ2) is 4.67. The molecule has 2 aromatic rings. The highest BCUT2D eigenvalue weighted by atomic mass is 35.5. The van der Waals surface area contributed by atoms with Crippen LogP contribution in [0.4, 0.5) is 0 Å². The van der Waals surface area contributed by atoms with Crippen LogP contribution in [0.2, 0.25) is 0 Å². The molecule has 0 saturated carbocycles. The monoisotopic (exact) mass is 194 g/mol. The third-order valence-corrected chi connectivity index (χ3v) is 1.77. The number of imidazole rings is 1. The van der Waals surface area contributed by atoms with Gasteiger partial charge >= 0.3 is 0 Å². The predicted octanol–water partition coefficient (Wildman–Crippen LogP) is 2.42. The molecule has 0 fully saturated rings. The van der Waals surface area contributed by atoms with Crippen LogP contribution in [-0.2, 0) is 6.42 Å². The van der Waals surface area contributed by atoms with Gasteiger partial charge in [-0.25, -0.2) is 4.98 Å². The number of nitrogens with one attached hydrogen (secondary N) is 1. The number of aromatic amines is 1. The van der Waals surface area contributed by atoms with E-state index in [2.05, 4.69) is 22.1 Å². The van der Waals surface area contributed by atoms with Crippen molar-refractivity contribution in [3.63, 3.8) is 0 Å². The summed E-state index contributed by atoms with van der Waals surface area (Å²) in [7, 11) is 0. The molecule has 0 atom stereocenters. The van der Waals surface area contributed by atoms with Gasteiger partial charge < -0.3 is 4.98 Å². The minimum atomic E-state index is 0. The van der Waals surface area contributed by atoms with E-state index in [0.717, 1.165) is 12.2 Å². The van der Waals surface area contributed by atoms with Gasteiger partial charge in [0.2, 0.25) is 0 Å². The molecule has 1 heterocycles. The molecule has 0 amide bonds. The van der Waals surface area contributed by atoms with E-state index in [1.165, 1.54) is 5.56 Å². The van der Waals surface area contributed by atoms with Crippen LogP contribution in [-0.4, -0.2) is 9.97 Å². The lowest BCUT2D eigenvalue weighted by Crippen LogP contribution is -1.89. The number of H-pyrrole nitrogens is 1. The average Bonchev–Trinajstić information content (AvgIpc) is 2.59. The van der Waals surface area contributed by atoms with Gasteiger partial charge in [0.25, 0.3) is 0 Å². The summed E-state index contributed by atoms with van der Waals surface area (Å²) in [6.07, 6.45) is 4.50. The standard InChI is InChI=1S/C10H10N2.ClH/c1-2-4-9(5-3-1)8-10-11-6-7-12-10;/h1-7H,8H2,(H,11,12);1H. The van der Waals surface area contributed by atoms with Gasteiger partial charge in [-0.1, -0.05) is 30.3 Å². The summed E-state index contributed by atoms with van der Waals surface area (Å²) in [6, 6.07) is 10.3. The molecule has 3 heteroatoms. The summed E-state index contributed by atoms with van der Waals surface area (Å²) in [5.74, 6) is 1.02. The van der Waals surface area contributed by atoms with Gasteiger partial charge in [-0.05, 0) is 5.56 Å². The third kappa shape index (κ3) is 2.60. The Hall–Kier alpha value is -1.28. The largest absolute Gasteiger partial charge is 0.348 e. The molecule has 0 radical (unpaired) electrons. The summed E-state index contributed by atoms with van der Waals surface area (Å²) in [5, 5.41) is 0. The van der Waals surface area contributed by atoms with Crippen LogP contribution >= 0.6 is 12.4 Å². The Morgan fingerprint density at radius 1 is 1.15 bits per heavy atom. The lowest BCUT2D eigenvalue weighted by molar-refractivity contribution is 1.03. The molecule has 1 aromatic heterocycles. The first-order chi connectivity index (χ1) is 5.95. The van der Waals surface area contributed by atoms with E-state index >= 15 is 0 Å². The Balaban J connectivity index is 0.000000845. The van der Waals surface area contributed by atoms with Crippen molar-refractivity contribution in [3.05, 3.63) is 54.1 Å². The minimum absolute atomic E-state index is 0. The van der Waals surface area contributed by atoms with Crippen LogP contribution in [0.3, 0.4) is 0 Å². The molecule has 13 heavy (non-hydrogen) atoms. The molecule has 1 N–H and O–H groups in total. The predicted molar refractivity (Wildman–Crippen MR) is 55.1 cm³/mol. The van der Waals surface area contributed by atoms with Crippen molar-refractivity contribution in [3.8, 4) is 0 Å². The number of hydrogen-bond donors (Lipinski definition) is 1. The van der Waals surface area contributed by atoms with Crippen molar-refractivity contribution >= 4 is 12.4 Å². The van der Waals surface area contributed by atoms with E-state index in [1.807, 2.05) is 24.4 Å². The highest BCUT2D eigenvalue weighted by Crippen LogP contribution is 2.03. The van der Waals surface area contributed by atoms with Crippen LogP contribution in [0.1, 0.15) is 11.4 Å². The van der Waals surface area contributed by atoms with Crippen LogP contribution in [0.15, 0.2) is 42.7 Å². The van der Waals surface area contributed by atoms with Crippen molar-refractivity contribution in [1.29, 1.82) is 0 Å². The number of halogens is 1. The molecule has 0 aliphatic heterocycles. The zero-order valence-electron chi connectivity index (χ0n) is 7.10. The number of nitrogens with zero attached hydrogens (tertiary/aromatic N) is 1. The molecule has 1 aromatic carbocycles. The molecule has 68 valence electrons. The minimum Gasteiger partial charge on any atom is -0.348 e. The first kappa shape index (κ1) is 9.81. The molecular weight excluding hydrogens is 184 g/mol. The van der Waals surface area contributed by atoms with E-state index < -0.39 is 0 Å². The molecule has 2 rings (SSSR count). The zero-order valence-corrected chi connectivity index (χ0v) is 7.92. The molecule has 0 unspecified atom stereocenters. The second-order valence-electron chi connectivity index (χ2n) is 2.70. The lowest BCUT2D eigenvalue weighted by Gasteiger charge is -1.95. The summed E-state index contributed by atoms with van der Waals surface area (Å²) in [5.41, 5.74) is 1.28. The first-order valence-corrected chi connectivity index (χ1v) is 3.97. The first-order valence-electron chi connectivity index (χ1n) is 3.97. The zero-order chi connectivity index (χ0) is 8.23. The quantitative estimate of drug-likeness (QED) is 0.782. The molecule has 0 bridgehead atoms. The molecule has 0 aliphatic carbocycles. The molecule has 0 aliphatic rings. The van der Waals surface area contributed by atoms with Crippen molar-refractivity contribution in [2.45, 2.75) is 6.42 Å². The third-order valence-electron chi connectivity index (χ3n) is 1.77. The van der Waals surface area contributed by atoms with Crippen molar-refractivity contribution in [1.82, 2.24) is 9.97 Å². The summed E-state index contributed by atoms with van der Waals surface area (Å²) >= 11 is 0. The van der Waals surface area contributed by atoms with Crippen LogP contribution in [0.25, 0.3) is 0 Å². The fourth-order valence-electron chi connectivity index (χ4n) is 1.18. The Labute approximate surface area is 83.4 Å². The Bertz CT molecular complexity index is 329. The van der Waals surface area contributed by atoms with Gasteiger partial charge in [-0.3, -0.25) is 0 Å². The number of benzene rings is 1. The van der Waals surface area contributed by atoms with Crippen molar-refractivity contribution in [2.75, 3.05) is 0 Å². The van der Waals surface area contributed by atoms with Gasteiger partial charge in [-0.2, -0.15) is 0 Å². The summed E-state index contributed by atoms with van der Waals surface area (Å²) in [6.45, 7) is 0. The number of hydrogen-bond acceptors (Lipinski definition) is 1. The number of aromatic nitrogens is 2. The van der Waals surface area contributed by atoms with Gasteiger partial charge in [0.05, 0.1) is 0 Å². The van der Waals surface area contributed by atoms with E-state index in [0.29, 0.717) is 0 Å². The maximum absolute atomic E-state index is 4.16. The molecule has 0 saturated heterocycles. The highest BCUT2D eigenvalue weighted by molar-refractivity contribution is 5.85. The second-order valence-corrected chi connectivity index (χ2v) is 2.70. The van der Waals surface area contributed by atoms with E-state index in [9.17, 15) is 0 Å². The lowest BCUT2D eigenvalue weighted by atomic mass is 10.1. The van der Waals surface area contributed by atoms with Gasteiger partial charge in [0.1, 0.15) is 5.82 Å². The smallest absolute Gasteiger partial charge is 0.110 e. The van der Waals surface area contributed by atoms with Gasteiger partial charge in [0, 0.05) is 18.8 Å². The maximum atomic E-state index is 4.16. The summed E-state index contributed by atoms with van der Waals surface area (Å²) in [4.78, 5) is 7.23. The number of rotatable bonds is 2. The topological polar surface area (TPSA) is 28.7 Å². The van der Waals surface area contributed by atoms with E-state index in [-0.39, 0.29) is 12.4 Å². The molecular formula is C10H11ClN2. The van der Waals surface area contributed by atoms with Crippen molar-refractivity contribution < 1.29 is 0 Å². The molecule has 2 nitrogen and oxygen atoms in total. The normalized spacial score (nSPS) is 9.23. The Morgan fingerprint density at radius 2 is 1.92 bits per heavy atom. The SMILES string of the molecule is Cl.c1ccc(Cc2ncc[nH]2)cc1. The van der Waals surface area contributed by atoms with Gasteiger partial charge in [-0.15, -0.1) is 12.4 Å². The van der Waals surface area contributed by atoms with E-state index in [1.54, 1.807) is 6.20 Å². The fourth-order valence-corrected chi connectivity index (χ4v) is 1.18. The Morgan fingerprint density at radius 3 is 2.54 bits per heavy atom. The van der Waals surface area contributed by atoms with Crippen LogP contribution in [0.5, 0.6) is 0 Å². The molecule has 0 spiro atoms. The van der Waals surface area contributed by atoms with E-state index in [4.69, 9.17) is 0 Å². The highest BCUT2D eigenvalue weighted by Gasteiger charge is 1.95. The average molecular weight is 195 g/mol. The van der Waals surface area contributed by atoms with Crippen LogP contribution < -0.4 is 0 Å².